The van der Waals surface area contributed by atoms with Gasteiger partial charge in [0.2, 0.25) is 0 Å². The fraction of sp³-hybridized carbons (Fsp3) is 0.417. The van der Waals surface area contributed by atoms with Crippen LogP contribution in [0.1, 0.15) is 37.0 Å². The SMILES string of the molecule is CCCC(C)OC(=O)c1cccc(N=N)c1. The summed E-state index contributed by atoms with van der Waals surface area (Å²) in [5.74, 6) is -0.355. The lowest BCUT2D eigenvalue weighted by atomic mass is 10.2. The highest BCUT2D eigenvalue weighted by Gasteiger charge is 2.11. The predicted molar refractivity (Wildman–Crippen MR) is 61.0 cm³/mol. The van der Waals surface area contributed by atoms with Crippen molar-refractivity contribution in [2.24, 2.45) is 5.11 Å². The number of esters is 1. The first-order valence-electron chi connectivity index (χ1n) is 5.36. The Bertz CT molecular complexity index is 377. The maximum Gasteiger partial charge on any atom is 0.338 e. The van der Waals surface area contributed by atoms with Crippen LogP contribution in [0.3, 0.4) is 0 Å². The third kappa shape index (κ3) is 3.46. The second-order valence-corrected chi connectivity index (χ2v) is 3.67. The molecule has 0 aromatic heterocycles. The minimum atomic E-state index is -0.355. The number of nitrogens with zero attached hydrogens (tertiary/aromatic N) is 1. The van der Waals surface area contributed by atoms with Crippen LogP contribution in [0.4, 0.5) is 5.69 Å². The van der Waals surface area contributed by atoms with Crippen molar-refractivity contribution >= 4 is 11.7 Å². The Morgan fingerprint density at radius 2 is 2.31 bits per heavy atom. The molecule has 0 spiro atoms. The van der Waals surface area contributed by atoms with Gasteiger partial charge in [0.05, 0.1) is 17.4 Å². The smallest absolute Gasteiger partial charge is 0.338 e. The quantitative estimate of drug-likeness (QED) is 0.607. The van der Waals surface area contributed by atoms with Crippen LogP contribution in [-0.4, -0.2) is 12.1 Å². The van der Waals surface area contributed by atoms with E-state index in [1.165, 1.54) is 0 Å². The zero-order valence-electron chi connectivity index (χ0n) is 9.56. The summed E-state index contributed by atoms with van der Waals surface area (Å²) in [6.07, 6.45) is 1.76. The van der Waals surface area contributed by atoms with Gasteiger partial charge in [-0.05, 0) is 31.5 Å². The summed E-state index contributed by atoms with van der Waals surface area (Å²) in [7, 11) is 0. The van der Waals surface area contributed by atoms with Gasteiger partial charge in [-0.3, -0.25) is 0 Å². The zero-order chi connectivity index (χ0) is 12.0. The molecule has 1 rings (SSSR count). The van der Waals surface area contributed by atoms with Gasteiger partial charge in [0, 0.05) is 0 Å². The Morgan fingerprint density at radius 3 is 2.94 bits per heavy atom. The van der Waals surface area contributed by atoms with Gasteiger partial charge >= 0.3 is 5.97 Å². The molecule has 0 saturated carbocycles. The molecular formula is C12H16N2O2. The highest BCUT2D eigenvalue weighted by Crippen LogP contribution is 2.15. The Kier molecular flexibility index (Phi) is 4.64. The normalized spacial score (nSPS) is 11.9. The van der Waals surface area contributed by atoms with Gasteiger partial charge in [-0.25, -0.2) is 10.3 Å². The van der Waals surface area contributed by atoms with Crippen LogP contribution in [0.5, 0.6) is 0 Å². The molecule has 1 aromatic carbocycles. The highest BCUT2D eigenvalue weighted by atomic mass is 16.5. The molecule has 1 atom stereocenters. The van der Waals surface area contributed by atoms with Crippen LogP contribution in [0, 0.1) is 5.53 Å². The fourth-order valence-electron chi connectivity index (χ4n) is 1.42. The number of hydrogen-bond donors (Lipinski definition) is 1. The molecule has 4 heteroatoms. The first-order chi connectivity index (χ1) is 7.67. The minimum Gasteiger partial charge on any atom is -0.459 e. The Morgan fingerprint density at radius 1 is 1.56 bits per heavy atom. The topological polar surface area (TPSA) is 62.5 Å². The molecule has 1 N–H and O–H groups in total. The number of ether oxygens (including phenoxy) is 1. The molecule has 0 bridgehead atoms. The van der Waals surface area contributed by atoms with Crippen LogP contribution in [-0.2, 0) is 4.74 Å². The lowest BCUT2D eigenvalue weighted by molar-refractivity contribution is 0.0323. The Hall–Kier alpha value is -1.71. The van der Waals surface area contributed by atoms with Gasteiger partial charge in [-0.2, -0.15) is 5.11 Å². The van der Waals surface area contributed by atoms with E-state index in [4.69, 9.17) is 10.3 Å². The lowest BCUT2D eigenvalue weighted by Gasteiger charge is -2.11. The lowest BCUT2D eigenvalue weighted by Crippen LogP contribution is -2.14. The molecule has 4 nitrogen and oxygen atoms in total. The van der Waals surface area contributed by atoms with Crippen LogP contribution >= 0.6 is 0 Å². The van der Waals surface area contributed by atoms with Gasteiger partial charge in [-0.1, -0.05) is 19.4 Å². The van der Waals surface area contributed by atoms with Crippen molar-refractivity contribution in [2.45, 2.75) is 32.8 Å². The first-order valence-corrected chi connectivity index (χ1v) is 5.36. The number of carbonyl (C=O) groups excluding carboxylic acids is 1. The summed E-state index contributed by atoms with van der Waals surface area (Å²) < 4.78 is 5.23. The largest absolute Gasteiger partial charge is 0.459 e. The molecular weight excluding hydrogens is 204 g/mol. The van der Waals surface area contributed by atoms with Gasteiger partial charge in [0.1, 0.15) is 0 Å². The van der Waals surface area contributed by atoms with E-state index in [-0.39, 0.29) is 12.1 Å². The van der Waals surface area contributed by atoms with E-state index in [1.807, 2.05) is 13.8 Å². The maximum absolute atomic E-state index is 11.7. The predicted octanol–water partition coefficient (Wildman–Crippen LogP) is 3.69. The summed E-state index contributed by atoms with van der Waals surface area (Å²) in [6.45, 7) is 3.92. The average Bonchev–Trinajstić information content (AvgIpc) is 2.29. The van der Waals surface area contributed by atoms with Gasteiger partial charge in [0.25, 0.3) is 0 Å². The molecule has 0 aliphatic carbocycles. The molecule has 0 radical (unpaired) electrons. The van der Waals surface area contributed by atoms with E-state index in [2.05, 4.69) is 5.11 Å². The van der Waals surface area contributed by atoms with Crippen LogP contribution in [0.15, 0.2) is 29.4 Å². The third-order valence-corrected chi connectivity index (χ3v) is 2.21. The molecule has 86 valence electrons. The van der Waals surface area contributed by atoms with Gasteiger partial charge < -0.3 is 4.74 Å². The molecule has 0 heterocycles. The summed E-state index contributed by atoms with van der Waals surface area (Å²) in [5, 5.41) is 3.27. The second kappa shape index (κ2) is 6.00. The third-order valence-electron chi connectivity index (χ3n) is 2.21. The number of carbonyl (C=O) groups is 1. The number of nitrogens with one attached hydrogen (secondary N) is 1. The van der Waals surface area contributed by atoms with Crippen molar-refractivity contribution in [1.82, 2.24) is 0 Å². The zero-order valence-corrected chi connectivity index (χ0v) is 9.56. The first kappa shape index (κ1) is 12.4. The van der Waals surface area contributed by atoms with Crippen molar-refractivity contribution in [1.29, 1.82) is 5.53 Å². The van der Waals surface area contributed by atoms with Crippen molar-refractivity contribution in [2.75, 3.05) is 0 Å². The standard InChI is InChI=1S/C12H16N2O2/c1-3-5-9(2)16-12(15)10-6-4-7-11(8-10)14-13/h4,6-9,13H,3,5H2,1-2H3. The number of rotatable bonds is 5. The van der Waals surface area contributed by atoms with E-state index in [0.29, 0.717) is 11.3 Å². The fourth-order valence-corrected chi connectivity index (χ4v) is 1.42. The maximum atomic E-state index is 11.7. The Balaban J connectivity index is 2.68. The van der Waals surface area contributed by atoms with E-state index in [1.54, 1.807) is 24.3 Å². The molecule has 0 saturated heterocycles. The summed E-state index contributed by atoms with van der Waals surface area (Å²) in [5.41, 5.74) is 7.76. The molecule has 1 aromatic rings. The van der Waals surface area contributed by atoms with Crippen molar-refractivity contribution in [3.8, 4) is 0 Å². The number of hydrogen-bond acceptors (Lipinski definition) is 4. The van der Waals surface area contributed by atoms with Gasteiger partial charge in [-0.15, -0.1) is 0 Å². The molecule has 1 unspecified atom stereocenters. The Labute approximate surface area is 95.1 Å². The van der Waals surface area contributed by atoms with E-state index < -0.39 is 0 Å². The van der Waals surface area contributed by atoms with Crippen molar-refractivity contribution in [3.63, 3.8) is 0 Å². The van der Waals surface area contributed by atoms with Crippen LogP contribution in [0.25, 0.3) is 0 Å². The monoisotopic (exact) mass is 220 g/mol. The van der Waals surface area contributed by atoms with Crippen LogP contribution in [0.2, 0.25) is 0 Å². The van der Waals surface area contributed by atoms with E-state index >= 15 is 0 Å². The van der Waals surface area contributed by atoms with Crippen molar-refractivity contribution in [3.05, 3.63) is 29.8 Å². The number of benzene rings is 1. The second-order valence-electron chi connectivity index (χ2n) is 3.67. The highest BCUT2D eigenvalue weighted by molar-refractivity contribution is 5.90. The molecule has 0 fully saturated rings. The van der Waals surface area contributed by atoms with Crippen LogP contribution < -0.4 is 0 Å². The van der Waals surface area contributed by atoms with E-state index in [9.17, 15) is 4.79 Å². The van der Waals surface area contributed by atoms with Gasteiger partial charge in [0.15, 0.2) is 0 Å². The van der Waals surface area contributed by atoms with Crippen molar-refractivity contribution < 1.29 is 9.53 Å². The molecule has 16 heavy (non-hydrogen) atoms. The average molecular weight is 220 g/mol. The summed E-state index contributed by atoms with van der Waals surface area (Å²) >= 11 is 0. The molecule has 0 aliphatic rings. The summed E-state index contributed by atoms with van der Waals surface area (Å²) in [6, 6.07) is 6.57. The van der Waals surface area contributed by atoms with E-state index in [0.717, 1.165) is 12.8 Å². The minimum absolute atomic E-state index is 0.0749. The summed E-state index contributed by atoms with van der Waals surface area (Å²) in [4.78, 5) is 11.7. The molecule has 0 amide bonds. The molecule has 0 aliphatic heterocycles.